The van der Waals surface area contributed by atoms with Gasteiger partial charge in [-0.1, -0.05) is 6.07 Å². The van der Waals surface area contributed by atoms with Crippen molar-refractivity contribution in [1.29, 1.82) is 0 Å². The Morgan fingerprint density at radius 3 is 2.64 bits per heavy atom. The van der Waals surface area contributed by atoms with E-state index in [4.69, 9.17) is 9.47 Å². The third-order valence-corrected chi connectivity index (χ3v) is 3.63. The van der Waals surface area contributed by atoms with Crippen molar-refractivity contribution in [3.63, 3.8) is 0 Å². The van der Waals surface area contributed by atoms with E-state index >= 15 is 0 Å². The lowest BCUT2D eigenvalue weighted by atomic mass is 10.2. The van der Waals surface area contributed by atoms with Crippen molar-refractivity contribution in [1.82, 2.24) is 0 Å². The van der Waals surface area contributed by atoms with Crippen LogP contribution in [-0.4, -0.2) is 26.7 Å². The summed E-state index contributed by atoms with van der Waals surface area (Å²) in [7, 11) is 3.13. The van der Waals surface area contributed by atoms with E-state index in [1.807, 2.05) is 24.3 Å². The fraction of sp³-hybridized carbons (Fsp3) is 0.188. The first kappa shape index (κ1) is 16.4. The molecular weight excluding hydrogens is 395 g/mol. The summed E-state index contributed by atoms with van der Waals surface area (Å²) in [5, 5.41) is 5.90. The third kappa shape index (κ3) is 4.52. The summed E-state index contributed by atoms with van der Waals surface area (Å²) in [4.78, 5) is 12.0. The van der Waals surface area contributed by atoms with Gasteiger partial charge in [0.2, 0.25) is 5.91 Å². The number of halogens is 1. The second-order valence-corrected chi connectivity index (χ2v) is 5.72. The van der Waals surface area contributed by atoms with Crippen LogP contribution in [0.3, 0.4) is 0 Å². The fourth-order valence-electron chi connectivity index (χ4n) is 1.88. The van der Waals surface area contributed by atoms with Crippen LogP contribution in [0.15, 0.2) is 42.5 Å². The number of anilines is 2. The van der Waals surface area contributed by atoms with E-state index in [1.165, 1.54) is 0 Å². The largest absolute Gasteiger partial charge is 0.497 e. The topological polar surface area (TPSA) is 59.6 Å². The molecule has 0 unspecified atom stereocenters. The molecular formula is C16H17IN2O3. The van der Waals surface area contributed by atoms with Crippen LogP contribution in [0, 0.1) is 3.57 Å². The first-order valence-electron chi connectivity index (χ1n) is 6.63. The lowest BCUT2D eigenvalue weighted by Crippen LogP contribution is -2.22. The molecule has 0 radical (unpaired) electrons. The van der Waals surface area contributed by atoms with Crippen molar-refractivity contribution in [2.45, 2.75) is 0 Å². The molecule has 6 heteroatoms. The van der Waals surface area contributed by atoms with Gasteiger partial charge in [-0.25, -0.2) is 0 Å². The predicted molar refractivity (Wildman–Crippen MR) is 95.8 cm³/mol. The lowest BCUT2D eigenvalue weighted by molar-refractivity contribution is -0.114. The number of rotatable bonds is 6. The molecule has 0 bridgehead atoms. The molecule has 116 valence electrons. The van der Waals surface area contributed by atoms with Gasteiger partial charge in [-0.05, 0) is 52.9 Å². The number of carbonyl (C=O) groups is 1. The number of carbonyl (C=O) groups excluding carboxylic acids is 1. The van der Waals surface area contributed by atoms with Gasteiger partial charge in [0.05, 0.1) is 26.5 Å². The van der Waals surface area contributed by atoms with E-state index in [-0.39, 0.29) is 12.5 Å². The van der Waals surface area contributed by atoms with Crippen molar-refractivity contribution < 1.29 is 14.3 Å². The molecule has 2 rings (SSSR count). The summed E-state index contributed by atoms with van der Waals surface area (Å²) < 4.78 is 11.5. The van der Waals surface area contributed by atoms with E-state index in [0.29, 0.717) is 17.2 Å². The van der Waals surface area contributed by atoms with Gasteiger partial charge in [0.1, 0.15) is 11.5 Å². The number of amides is 1. The number of hydrogen-bond acceptors (Lipinski definition) is 4. The van der Waals surface area contributed by atoms with Gasteiger partial charge in [-0.3, -0.25) is 4.79 Å². The van der Waals surface area contributed by atoms with Gasteiger partial charge in [0.25, 0.3) is 0 Å². The summed E-state index contributed by atoms with van der Waals surface area (Å²) in [6, 6.07) is 13.1. The normalized spacial score (nSPS) is 9.95. The third-order valence-electron chi connectivity index (χ3n) is 2.96. The average Bonchev–Trinajstić information content (AvgIpc) is 2.53. The molecule has 0 aliphatic rings. The molecule has 0 saturated carbocycles. The van der Waals surface area contributed by atoms with Gasteiger partial charge in [0, 0.05) is 15.3 Å². The van der Waals surface area contributed by atoms with Crippen LogP contribution < -0.4 is 20.1 Å². The predicted octanol–water partition coefficient (Wildman–Crippen LogP) is 3.36. The van der Waals surface area contributed by atoms with Crippen LogP contribution in [0.4, 0.5) is 11.4 Å². The van der Waals surface area contributed by atoms with Gasteiger partial charge in [-0.15, -0.1) is 0 Å². The SMILES string of the molecule is COc1ccc(NC(=O)CNc2cccc(I)c2)c(OC)c1. The molecule has 0 heterocycles. The maximum Gasteiger partial charge on any atom is 0.243 e. The van der Waals surface area contributed by atoms with E-state index < -0.39 is 0 Å². The van der Waals surface area contributed by atoms with E-state index in [9.17, 15) is 4.79 Å². The van der Waals surface area contributed by atoms with Gasteiger partial charge >= 0.3 is 0 Å². The van der Waals surface area contributed by atoms with Gasteiger partial charge in [-0.2, -0.15) is 0 Å². The number of methoxy groups -OCH3 is 2. The Labute approximate surface area is 143 Å². The molecule has 2 aromatic rings. The van der Waals surface area contributed by atoms with Crippen LogP contribution in [0.2, 0.25) is 0 Å². The highest BCUT2D eigenvalue weighted by Gasteiger charge is 2.08. The fourth-order valence-corrected chi connectivity index (χ4v) is 2.42. The zero-order valence-electron chi connectivity index (χ0n) is 12.4. The zero-order chi connectivity index (χ0) is 15.9. The molecule has 0 atom stereocenters. The number of ether oxygens (including phenoxy) is 2. The first-order valence-corrected chi connectivity index (χ1v) is 7.71. The molecule has 0 aromatic heterocycles. The van der Waals surface area contributed by atoms with Crippen molar-refractivity contribution in [2.24, 2.45) is 0 Å². The summed E-state index contributed by atoms with van der Waals surface area (Å²) in [5.41, 5.74) is 1.52. The number of benzene rings is 2. The second kappa shape index (κ2) is 7.88. The van der Waals surface area contributed by atoms with Crippen LogP contribution in [0.5, 0.6) is 11.5 Å². The molecule has 0 fully saturated rings. The Bertz CT molecular complexity index is 662. The van der Waals surface area contributed by atoms with E-state index in [2.05, 4.69) is 33.2 Å². The average molecular weight is 412 g/mol. The van der Waals surface area contributed by atoms with Crippen LogP contribution in [0.1, 0.15) is 0 Å². The summed E-state index contributed by atoms with van der Waals surface area (Å²) in [6.45, 7) is 0.176. The highest BCUT2D eigenvalue weighted by molar-refractivity contribution is 14.1. The Morgan fingerprint density at radius 1 is 1.14 bits per heavy atom. The van der Waals surface area contributed by atoms with Gasteiger partial charge in [0.15, 0.2) is 0 Å². The smallest absolute Gasteiger partial charge is 0.243 e. The second-order valence-electron chi connectivity index (χ2n) is 4.48. The highest BCUT2D eigenvalue weighted by Crippen LogP contribution is 2.28. The van der Waals surface area contributed by atoms with Crippen molar-refractivity contribution >= 4 is 39.9 Å². The minimum atomic E-state index is -0.151. The molecule has 0 aliphatic carbocycles. The van der Waals surface area contributed by atoms with Crippen LogP contribution in [0.25, 0.3) is 0 Å². The molecule has 22 heavy (non-hydrogen) atoms. The zero-order valence-corrected chi connectivity index (χ0v) is 14.5. The standard InChI is InChI=1S/C16H17IN2O3/c1-21-13-6-7-14(15(9-13)22-2)19-16(20)10-18-12-5-3-4-11(17)8-12/h3-9,18H,10H2,1-2H3,(H,19,20). The monoisotopic (exact) mass is 412 g/mol. The lowest BCUT2D eigenvalue weighted by Gasteiger charge is -2.12. The molecule has 1 amide bonds. The van der Waals surface area contributed by atoms with Crippen molar-refractivity contribution in [3.05, 3.63) is 46.0 Å². The quantitative estimate of drug-likeness (QED) is 0.715. The number of nitrogens with one attached hydrogen (secondary N) is 2. The van der Waals surface area contributed by atoms with Crippen molar-refractivity contribution in [3.8, 4) is 11.5 Å². The minimum absolute atomic E-state index is 0.151. The summed E-state index contributed by atoms with van der Waals surface area (Å²) in [6.07, 6.45) is 0. The van der Waals surface area contributed by atoms with E-state index in [1.54, 1.807) is 32.4 Å². The molecule has 0 saturated heterocycles. The Morgan fingerprint density at radius 2 is 1.95 bits per heavy atom. The highest BCUT2D eigenvalue weighted by atomic mass is 127. The summed E-state index contributed by atoms with van der Waals surface area (Å²) >= 11 is 2.23. The Hall–Kier alpha value is -1.96. The molecule has 2 N–H and O–H groups in total. The molecule has 0 aliphatic heterocycles. The Kier molecular flexibility index (Phi) is 5.88. The maximum absolute atomic E-state index is 12.0. The van der Waals surface area contributed by atoms with Crippen LogP contribution in [-0.2, 0) is 4.79 Å². The van der Waals surface area contributed by atoms with E-state index in [0.717, 1.165) is 9.26 Å². The molecule has 5 nitrogen and oxygen atoms in total. The summed E-state index contributed by atoms with van der Waals surface area (Å²) in [5.74, 6) is 1.08. The first-order chi connectivity index (χ1) is 10.6. The maximum atomic E-state index is 12.0. The molecule has 2 aromatic carbocycles. The van der Waals surface area contributed by atoms with Gasteiger partial charge < -0.3 is 20.1 Å². The Balaban J connectivity index is 1.97. The minimum Gasteiger partial charge on any atom is -0.497 e. The molecule has 0 spiro atoms. The van der Waals surface area contributed by atoms with Crippen molar-refractivity contribution in [2.75, 3.05) is 31.4 Å². The number of hydrogen-bond donors (Lipinski definition) is 2. The van der Waals surface area contributed by atoms with Crippen LogP contribution >= 0.6 is 22.6 Å².